The first-order valence-electron chi connectivity index (χ1n) is 8.01. The SMILES string of the molecule is COC(=O)C1(c2cccc(OCc3cccc(I)c3)c2)CC1C(=O)NO. The summed E-state index contributed by atoms with van der Waals surface area (Å²) in [7, 11) is 1.29. The quantitative estimate of drug-likeness (QED) is 0.296. The molecule has 7 heteroatoms. The third kappa shape index (κ3) is 3.54. The van der Waals surface area contributed by atoms with Crippen LogP contribution in [0.15, 0.2) is 48.5 Å². The first kappa shape index (κ1) is 18.7. The monoisotopic (exact) mass is 467 g/mol. The maximum Gasteiger partial charge on any atom is 0.317 e. The minimum atomic E-state index is -1.08. The summed E-state index contributed by atoms with van der Waals surface area (Å²) in [5.74, 6) is -1.16. The number of halogens is 1. The van der Waals surface area contributed by atoms with Crippen LogP contribution in [0, 0.1) is 9.49 Å². The lowest BCUT2D eigenvalue weighted by Gasteiger charge is -2.16. The van der Waals surface area contributed by atoms with E-state index in [-0.39, 0.29) is 6.42 Å². The first-order valence-corrected chi connectivity index (χ1v) is 9.09. The Bertz CT molecular complexity index is 840. The molecule has 0 aliphatic heterocycles. The minimum Gasteiger partial charge on any atom is -0.489 e. The van der Waals surface area contributed by atoms with Crippen LogP contribution in [-0.4, -0.2) is 24.2 Å². The van der Waals surface area contributed by atoms with Crippen molar-refractivity contribution >= 4 is 34.5 Å². The third-order valence-corrected chi connectivity index (χ3v) is 5.25. The highest BCUT2D eigenvalue weighted by Gasteiger charge is 2.65. The summed E-state index contributed by atoms with van der Waals surface area (Å²) in [6.45, 7) is 0.395. The molecular formula is C19H18INO5. The molecule has 1 aliphatic carbocycles. The number of hydrogen-bond donors (Lipinski definition) is 2. The molecule has 2 N–H and O–H groups in total. The standard InChI is InChI=1S/C19H18INO5/c1-25-18(23)19(10-16(19)17(22)21-24)13-5-3-7-15(9-13)26-11-12-4-2-6-14(20)8-12/h2-9,16,24H,10-11H2,1H3,(H,21,22). The summed E-state index contributed by atoms with van der Waals surface area (Å²) in [6.07, 6.45) is 0.284. The van der Waals surface area contributed by atoms with Crippen LogP contribution >= 0.6 is 22.6 Å². The highest BCUT2D eigenvalue weighted by molar-refractivity contribution is 14.1. The van der Waals surface area contributed by atoms with Crippen molar-refractivity contribution in [1.82, 2.24) is 5.48 Å². The van der Waals surface area contributed by atoms with E-state index in [2.05, 4.69) is 22.6 Å². The van der Waals surface area contributed by atoms with Gasteiger partial charge in [-0.1, -0.05) is 24.3 Å². The molecule has 1 saturated carbocycles. The van der Waals surface area contributed by atoms with E-state index in [1.807, 2.05) is 24.3 Å². The minimum absolute atomic E-state index is 0.284. The van der Waals surface area contributed by atoms with Crippen molar-refractivity contribution in [3.05, 3.63) is 63.2 Å². The van der Waals surface area contributed by atoms with Crippen molar-refractivity contribution in [2.45, 2.75) is 18.4 Å². The zero-order chi connectivity index (χ0) is 18.7. The number of amides is 1. The normalized spacial score (nSPS) is 21.0. The number of hydrogen-bond acceptors (Lipinski definition) is 5. The lowest BCUT2D eigenvalue weighted by atomic mass is 9.92. The van der Waals surface area contributed by atoms with E-state index in [9.17, 15) is 9.59 Å². The second kappa shape index (κ2) is 7.63. The van der Waals surface area contributed by atoms with Gasteiger partial charge in [-0.25, -0.2) is 5.48 Å². The molecule has 0 heterocycles. The Labute approximate surface area is 164 Å². The third-order valence-electron chi connectivity index (χ3n) is 4.58. The van der Waals surface area contributed by atoms with Crippen molar-refractivity contribution in [2.75, 3.05) is 7.11 Å². The van der Waals surface area contributed by atoms with Gasteiger partial charge in [0.15, 0.2) is 0 Å². The predicted octanol–water partition coefficient (Wildman–Crippen LogP) is 2.81. The van der Waals surface area contributed by atoms with E-state index < -0.39 is 23.2 Å². The molecule has 2 aromatic carbocycles. The Morgan fingerprint density at radius 3 is 2.73 bits per heavy atom. The lowest BCUT2D eigenvalue weighted by Crippen LogP contribution is -2.31. The predicted molar refractivity (Wildman–Crippen MR) is 102 cm³/mol. The van der Waals surface area contributed by atoms with Crippen molar-refractivity contribution < 1.29 is 24.3 Å². The van der Waals surface area contributed by atoms with Gasteiger partial charge >= 0.3 is 5.97 Å². The molecule has 136 valence electrons. The molecule has 0 saturated heterocycles. The molecule has 2 unspecified atom stereocenters. The van der Waals surface area contributed by atoms with Crippen LogP contribution in [0.2, 0.25) is 0 Å². The number of rotatable bonds is 6. The van der Waals surface area contributed by atoms with Gasteiger partial charge in [0.1, 0.15) is 17.8 Å². The molecule has 1 amide bonds. The van der Waals surface area contributed by atoms with E-state index in [1.54, 1.807) is 29.7 Å². The summed E-state index contributed by atoms with van der Waals surface area (Å²) in [4.78, 5) is 24.1. The van der Waals surface area contributed by atoms with Crippen LogP contribution in [0.3, 0.4) is 0 Å². The van der Waals surface area contributed by atoms with E-state index >= 15 is 0 Å². The fourth-order valence-electron chi connectivity index (χ4n) is 3.16. The maximum absolute atomic E-state index is 12.3. The lowest BCUT2D eigenvalue weighted by molar-refractivity contribution is -0.146. The highest BCUT2D eigenvalue weighted by atomic mass is 127. The molecule has 3 rings (SSSR count). The zero-order valence-electron chi connectivity index (χ0n) is 14.1. The van der Waals surface area contributed by atoms with Gasteiger partial charge in [0.05, 0.1) is 13.0 Å². The molecule has 1 aliphatic rings. The van der Waals surface area contributed by atoms with Gasteiger partial charge in [-0.3, -0.25) is 14.8 Å². The van der Waals surface area contributed by atoms with Crippen LogP contribution in [0.5, 0.6) is 5.75 Å². The molecule has 0 aromatic heterocycles. The Morgan fingerprint density at radius 2 is 2.04 bits per heavy atom. The summed E-state index contributed by atoms with van der Waals surface area (Å²) >= 11 is 2.24. The van der Waals surface area contributed by atoms with E-state index in [1.165, 1.54) is 7.11 Å². The van der Waals surface area contributed by atoms with Gasteiger partial charge in [0.25, 0.3) is 0 Å². The van der Waals surface area contributed by atoms with Gasteiger partial charge in [-0.05, 0) is 64.4 Å². The van der Waals surface area contributed by atoms with Gasteiger partial charge < -0.3 is 9.47 Å². The molecular weight excluding hydrogens is 449 g/mol. The topological polar surface area (TPSA) is 84.9 Å². The number of ether oxygens (including phenoxy) is 2. The van der Waals surface area contributed by atoms with E-state index in [0.29, 0.717) is 17.9 Å². The Hall–Kier alpha value is -2.13. The molecule has 0 radical (unpaired) electrons. The summed E-state index contributed by atoms with van der Waals surface area (Å²) in [5.41, 5.74) is 2.21. The van der Waals surface area contributed by atoms with E-state index in [4.69, 9.17) is 14.7 Å². The Kier molecular flexibility index (Phi) is 5.47. The van der Waals surface area contributed by atoms with Crippen LogP contribution in [-0.2, 0) is 26.3 Å². The molecule has 6 nitrogen and oxygen atoms in total. The molecule has 0 spiro atoms. The summed E-state index contributed by atoms with van der Waals surface area (Å²) in [6, 6.07) is 15.1. The number of esters is 1. The smallest absolute Gasteiger partial charge is 0.317 e. The molecule has 2 atom stereocenters. The second-order valence-corrected chi connectivity index (χ2v) is 7.39. The van der Waals surface area contributed by atoms with Gasteiger partial charge in [-0.15, -0.1) is 0 Å². The van der Waals surface area contributed by atoms with Crippen LogP contribution in [0.4, 0.5) is 0 Å². The highest BCUT2D eigenvalue weighted by Crippen LogP contribution is 2.55. The first-order chi connectivity index (χ1) is 12.5. The van der Waals surface area contributed by atoms with Crippen LogP contribution in [0.1, 0.15) is 17.5 Å². The van der Waals surface area contributed by atoms with Crippen molar-refractivity contribution in [2.24, 2.45) is 5.92 Å². The number of carbonyl (C=O) groups excluding carboxylic acids is 2. The number of carbonyl (C=O) groups is 2. The van der Waals surface area contributed by atoms with Crippen molar-refractivity contribution in [3.8, 4) is 5.75 Å². The second-order valence-electron chi connectivity index (χ2n) is 6.14. The number of hydroxylamine groups is 1. The largest absolute Gasteiger partial charge is 0.489 e. The zero-order valence-corrected chi connectivity index (χ0v) is 16.2. The maximum atomic E-state index is 12.3. The number of benzene rings is 2. The Morgan fingerprint density at radius 1 is 1.27 bits per heavy atom. The van der Waals surface area contributed by atoms with E-state index in [0.717, 1.165) is 9.13 Å². The average Bonchev–Trinajstić information content (AvgIpc) is 3.42. The number of nitrogens with one attached hydrogen (secondary N) is 1. The fraction of sp³-hybridized carbons (Fsp3) is 0.263. The summed E-state index contributed by atoms with van der Waals surface area (Å²) in [5, 5.41) is 8.89. The molecule has 1 fully saturated rings. The van der Waals surface area contributed by atoms with Gasteiger partial charge in [0.2, 0.25) is 5.91 Å². The molecule has 0 bridgehead atoms. The average molecular weight is 467 g/mol. The van der Waals surface area contributed by atoms with Crippen molar-refractivity contribution in [3.63, 3.8) is 0 Å². The van der Waals surface area contributed by atoms with Crippen LogP contribution in [0.25, 0.3) is 0 Å². The fourth-order valence-corrected chi connectivity index (χ4v) is 3.77. The van der Waals surface area contributed by atoms with Crippen molar-refractivity contribution in [1.29, 1.82) is 0 Å². The molecule has 2 aromatic rings. The molecule has 26 heavy (non-hydrogen) atoms. The van der Waals surface area contributed by atoms with Gasteiger partial charge in [-0.2, -0.15) is 0 Å². The van der Waals surface area contributed by atoms with Gasteiger partial charge in [0, 0.05) is 3.57 Å². The summed E-state index contributed by atoms with van der Waals surface area (Å²) < 4.78 is 11.9. The Balaban J connectivity index is 1.81. The number of methoxy groups -OCH3 is 1. The van der Waals surface area contributed by atoms with Crippen LogP contribution < -0.4 is 10.2 Å².